The Morgan fingerprint density at radius 3 is 2.48 bits per heavy atom. The van der Waals surface area contributed by atoms with Gasteiger partial charge in [-0.2, -0.15) is 0 Å². The zero-order chi connectivity index (χ0) is 16.4. The van der Waals surface area contributed by atoms with E-state index >= 15 is 0 Å². The highest BCUT2D eigenvalue weighted by atomic mass is 32.2. The molecular weight excluding hydrogens is 308 g/mol. The van der Waals surface area contributed by atoms with Gasteiger partial charge in [0.05, 0.1) is 5.25 Å². The fourth-order valence-electron chi connectivity index (χ4n) is 3.22. The highest BCUT2D eigenvalue weighted by Gasteiger charge is 2.36. The van der Waals surface area contributed by atoms with Crippen molar-refractivity contribution in [3.63, 3.8) is 0 Å². The highest BCUT2D eigenvalue weighted by molar-refractivity contribution is 7.90. The van der Waals surface area contributed by atoms with E-state index in [0.717, 1.165) is 38.9 Å². The van der Waals surface area contributed by atoms with Crippen LogP contribution in [0.3, 0.4) is 0 Å². The molecule has 4 nitrogen and oxygen atoms in total. The zero-order valence-electron chi connectivity index (χ0n) is 14.2. The average molecular weight is 337 g/mol. The molecule has 2 aliphatic rings. The van der Waals surface area contributed by atoms with E-state index in [1.165, 1.54) is 11.1 Å². The van der Waals surface area contributed by atoms with E-state index in [2.05, 4.69) is 47.7 Å². The molecule has 1 unspecified atom stereocenters. The van der Waals surface area contributed by atoms with Gasteiger partial charge < -0.3 is 0 Å². The molecule has 0 spiro atoms. The Balaban J connectivity index is 1.46. The van der Waals surface area contributed by atoms with Gasteiger partial charge in [-0.25, -0.2) is 13.1 Å². The summed E-state index contributed by atoms with van der Waals surface area (Å²) in [4.78, 5) is 2.43. The molecule has 0 amide bonds. The second-order valence-corrected chi connectivity index (χ2v) is 9.42. The second kappa shape index (κ2) is 6.91. The van der Waals surface area contributed by atoms with Crippen molar-refractivity contribution >= 4 is 10.0 Å². The van der Waals surface area contributed by atoms with E-state index in [1.54, 1.807) is 0 Å². The molecule has 23 heavy (non-hydrogen) atoms. The fourth-order valence-corrected chi connectivity index (χ4v) is 4.68. The van der Waals surface area contributed by atoms with Crippen LogP contribution in [0.1, 0.15) is 50.2 Å². The van der Waals surface area contributed by atoms with E-state index in [-0.39, 0.29) is 5.25 Å². The minimum atomic E-state index is -3.03. The van der Waals surface area contributed by atoms with Crippen molar-refractivity contribution in [3.05, 3.63) is 35.4 Å². The molecule has 1 saturated heterocycles. The van der Waals surface area contributed by atoms with Gasteiger partial charge in [0, 0.05) is 19.6 Å². The first-order valence-corrected chi connectivity index (χ1v) is 10.3. The van der Waals surface area contributed by atoms with Gasteiger partial charge in [-0.1, -0.05) is 38.1 Å². The standard InChI is InChI=1S/C18H28N2O2S/c1-14(2)17-5-3-15(4-6-17)12-20-10-9-16(13-20)11-19-23(21,22)18-7-8-18/h3-6,14,16,18-19H,7-13H2,1-2H3. The number of sulfonamides is 1. The number of benzene rings is 1. The summed E-state index contributed by atoms with van der Waals surface area (Å²) >= 11 is 0. The highest BCUT2D eigenvalue weighted by Crippen LogP contribution is 2.28. The molecule has 1 atom stereocenters. The quantitative estimate of drug-likeness (QED) is 0.833. The van der Waals surface area contributed by atoms with E-state index in [4.69, 9.17) is 0 Å². The van der Waals surface area contributed by atoms with E-state index in [1.807, 2.05) is 0 Å². The van der Waals surface area contributed by atoms with Crippen molar-refractivity contribution in [1.29, 1.82) is 0 Å². The largest absolute Gasteiger partial charge is 0.299 e. The van der Waals surface area contributed by atoms with Crippen molar-refractivity contribution in [1.82, 2.24) is 9.62 Å². The Labute approximate surface area is 140 Å². The van der Waals surface area contributed by atoms with Gasteiger partial charge in [-0.15, -0.1) is 0 Å². The van der Waals surface area contributed by atoms with Crippen LogP contribution in [0.5, 0.6) is 0 Å². The molecule has 1 aliphatic heterocycles. The lowest BCUT2D eigenvalue weighted by molar-refractivity contribution is 0.316. The molecule has 1 saturated carbocycles. The molecule has 3 rings (SSSR count). The second-order valence-electron chi connectivity index (χ2n) is 7.38. The molecule has 1 aromatic carbocycles. The monoisotopic (exact) mass is 336 g/mol. The first kappa shape index (κ1) is 16.9. The Bertz CT molecular complexity index is 621. The molecule has 0 bridgehead atoms. The van der Waals surface area contributed by atoms with Gasteiger partial charge in [0.15, 0.2) is 0 Å². The average Bonchev–Trinajstić information content (AvgIpc) is 3.29. The van der Waals surface area contributed by atoms with Crippen LogP contribution in [-0.4, -0.2) is 38.2 Å². The third kappa shape index (κ3) is 4.55. The first-order chi connectivity index (χ1) is 10.9. The third-order valence-corrected chi connectivity index (χ3v) is 6.88. The lowest BCUT2D eigenvalue weighted by atomic mass is 10.0. The summed E-state index contributed by atoms with van der Waals surface area (Å²) in [7, 11) is -3.03. The third-order valence-electron chi connectivity index (χ3n) is 4.96. The maximum atomic E-state index is 11.9. The van der Waals surface area contributed by atoms with Gasteiger partial charge in [-0.05, 0) is 48.8 Å². The minimum Gasteiger partial charge on any atom is -0.299 e. The minimum absolute atomic E-state index is 0.112. The number of nitrogens with one attached hydrogen (secondary N) is 1. The van der Waals surface area contributed by atoms with Crippen molar-refractivity contribution in [2.45, 2.75) is 50.8 Å². The summed E-state index contributed by atoms with van der Waals surface area (Å²) in [5.41, 5.74) is 2.72. The van der Waals surface area contributed by atoms with Gasteiger partial charge >= 0.3 is 0 Å². The summed E-state index contributed by atoms with van der Waals surface area (Å²) < 4.78 is 26.6. The number of hydrogen-bond acceptors (Lipinski definition) is 3. The summed E-state index contributed by atoms with van der Waals surface area (Å²) in [6.45, 7) is 8.03. The van der Waals surface area contributed by atoms with Crippen LogP contribution < -0.4 is 4.72 Å². The Hall–Kier alpha value is -0.910. The van der Waals surface area contributed by atoms with Gasteiger partial charge in [0.2, 0.25) is 10.0 Å². The molecule has 1 N–H and O–H groups in total. The molecule has 2 fully saturated rings. The fraction of sp³-hybridized carbons (Fsp3) is 0.667. The summed E-state index contributed by atoms with van der Waals surface area (Å²) in [6.07, 6.45) is 2.74. The molecular formula is C18H28N2O2S. The summed E-state index contributed by atoms with van der Waals surface area (Å²) in [6, 6.07) is 8.88. The van der Waals surface area contributed by atoms with Crippen LogP contribution in [0, 0.1) is 5.92 Å². The van der Waals surface area contributed by atoms with E-state index in [9.17, 15) is 8.42 Å². The van der Waals surface area contributed by atoms with Crippen LogP contribution in [0.2, 0.25) is 0 Å². The summed E-state index contributed by atoms with van der Waals surface area (Å²) in [5, 5.41) is -0.112. The number of rotatable bonds is 7. The van der Waals surface area contributed by atoms with Crippen LogP contribution in [-0.2, 0) is 16.6 Å². The van der Waals surface area contributed by atoms with Gasteiger partial charge in [0.1, 0.15) is 0 Å². The van der Waals surface area contributed by atoms with E-state index < -0.39 is 10.0 Å². The number of likely N-dealkylation sites (tertiary alicyclic amines) is 1. The molecule has 1 aliphatic carbocycles. The van der Waals surface area contributed by atoms with Crippen LogP contribution in [0.25, 0.3) is 0 Å². The van der Waals surface area contributed by atoms with Gasteiger partial charge in [0.25, 0.3) is 0 Å². The molecule has 5 heteroatoms. The first-order valence-electron chi connectivity index (χ1n) is 8.73. The summed E-state index contributed by atoms with van der Waals surface area (Å²) in [5.74, 6) is 1.01. The van der Waals surface area contributed by atoms with Crippen LogP contribution >= 0.6 is 0 Å². The topological polar surface area (TPSA) is 49.4 Å². The molecule has 1 heterocycles. The van der Waals surface area contributed by atoms with E-state index in [0.29, 0.717) is 18.4 Å². The Morgan fingerprint density at radius 1 is 1.17 bits per heavy atom. The number of hydrogen-bond donors (Lipinski definition) is 1. The molecule has 0 radical (unpaired) electrons. The molecule has 0 aromatic heterocycles. The number of nitrogens with zero attached hydrogens (tertiary/aromatic N) is 1. The smallest absolute Gasteiger partial charge is 0.214 e. The van der Waals surface area contributed by atoms with Crippen molar-refractivity contribution in [3.8, 4) is 0 Å². The lowest BCUT2D eigenvalue weighted by Gasteiger charge is -2.17. The van der Waals surface area contributed by atoms with Crippen molar-refractivity contribution in [2.75, 3.05) is 19.6 Å². The molecule has 1 aromatic rings. The maximum absolute atomic E-state index is 11.9. The maximum Gasteiger partial charge on any atom is 0.214 e. The predicted molar refractivity (Wildman–Crippen MR) is 93.9 cm³/mol. The zero-order valence-corrected chi connectivity index (χ0v) is 15.0. The molecule has 128 valence electrons. The van der Waals surface area contributed by atoms with Gasteiger partial charge in [-0.3, -0.25) is 4.90 Å². The van der Waals surface area contributed by atoms with Crippen LogP contribution in [0.15, 0.2) is 24.3 Å². The predicted octanol–water partition coefficient (Wildman–Crippen LogP) is 2.71. The Morgan fingerprint density at radius 2 is 1.87 bits per heavy atom. The Kier molecular flexibility index (Phi) is 5.09. The van der Waals surface area contributed by atoms with Crippen molar-refractivity contribution < 1.29 is 8.42 Å². The SMILES string of the molecule is CC(C)c1ccc(CN2CCC(CNS(=O)(=O)C3CC3)C2)cc1. The van der Waals surface area contributed by atoms with Crippen molar-refractivity contribution in [2.24, 2.45) is 5.92 Å². The lowest BCUT2D eigenvalue weighted by Crippen LogP contribution is -2.33. The van der Waals surface area contributed by atoms with Crippen LogP contribution in [0.4, 0.5) is 0 Å². The normalized spacial score (nSPS) is 22.8.